The Morgan fingerprint density at radius 2 is 2.08 bits per heavy atom. The SMILES string of the molecule is CC1CCN(C(=O)CC(N)=O)C1C. The molecule has 1 heterocycles. The molecule has 0 aromatic carbocycles. The molecule has 4 nitrogen and oxygen atoms in total. The molecule has 0 aromatic rings. The van der Waals surface area contributed by atoms with Crippen LogP contribution >= 0.6 is 0 Å². The monoisotopic (exact) mass is 184 g/mol. The molecule has 0 bridgehead atoms. The van der Waals surface area contributed by atoms with Gasteiger partial charge in [-0.3, -0.25) is 9.59 Å². The average molecular weight is 184 g/mol. The van der Waals surface area contributed by atoms with Gasteiger partial charge in [0, 0.05) is 12.6 Å². The van der Waals surface area contributed by atoms with Gasteiger partial charge >= 0.3 is 0 Å². The van der Waals surface area contributed by atoms with Crippen molar-refractivity contribution in [1.82, 2.24) is 4.90 Å². The van der Waals surface area contributed by atoms with E-state index in [0.29, 0.717) is 5.92 Å². The zero-order valence-electron chi connectivity index (χ0n) is 8.12. The van der Waals surface area contributed by atoms with Crippen molar-refractivity contribution in [2.24, 2.45) is 11.7 Å². The first-order chi connectivity index (χ1) is 6.02. The van der Waals surface area contributed by atoms with Crippen LogP contribution in [0.1, 0.15) is 26.7 Å². The standard InChI is InChI=1S/C9H16N2O2/c1-6-3-4-11(7(6)2)9(13)5-8(10)12/h6-7H,3-5H2,1-2H3,(H2,10,12). The fourth-order valence-electron chi connectivity index (χ4n) is 1.70. The summed E-state index contributed by atoms with van der Waals surface area (Å²) >= 11 is 0. The predicted molar refractivity (Wildman–Crippen MR) is 48.8 cm³/mol. The van der Waals surface area contributed by atoms with Gasteiger partial charge in [-0.2, -0.15) is 0 Å². The lowest BCUT2D eigenvalue weighted by atomic mass is 10.1. The predicted octanol–water partition coefficient (Wildman–Crippen LogP) is 0.119. The van der Waals surface area contributed by atoms with E-state index in [1.165, 1.54) is 0 Å². The van der Waals surface area contributed by atoms with E-state index in [2.05, 4.69) is 6.92 Å². The maximum Gasteiger partial charge on any atom is 0.232 e. The smallest absolute Gasteiger partial charge is 0.232 e. The van der Waals surface area contributed by atoms with Gasteiger partial charge < -0.3 is 10.6 Å². The summed E-state index contributed by atoms with van der Waals surface area (Å²) in [4.78, 5) is 23.7. The molecule has 2 N–H and O–H groups in total. The number of likely N-dealkylation sites (tertiary alicyclic amines) is 1. The van der Waals surface area contributed by atoms with Crippen LogP contribution in [0.2, 0.25) is 0 Å². The first-order valence-electron chi connectivity index (χ1n) is 4.60. The number of carbonyl (C=O) groups is 2. The Balaban J connectivity index is 2.53. The van der Waals surface area contributed by atoms with E-state index in [1.54, 1.807) is 4.90 Å². The van der Waals surface area contributed by atoms with Gasteiger partial charge in [-0.15, -0.1) is 0 Å². The molecule has 0 saturated carbocycles. The Labute approximate surface area is 78.1 Å². The normalized spacial score (nSPS) is 27.7. The van der Waals surface area contributed by atoms with Crippen LogP contribution in [-0.2, 0) is 9.59 Å². The highest BCUT2D eigenvalue weighted by Gasteiger charge is 2.30. The Kier molecular flexibility index (Phi) is 2.90. The number of carbonyl (C=O) groups excluding carboxylic acids is 2. The van der Waals surface area contributed by atoms with Gasteiger partial charge in [0.1, 0.15) is 6.42 Å². The number of nitrogens with zero attached hydrogens (tertiary/aromatic N) is 1. The van der Waals surface area contributed by atoms with Gasteiger partial charge in [-0.1, -0.05) is 6.92 Å². The Morgan fingerprint density at radius 3 is 2.46 bits per heavy atom. The van der Waals surface area contributed by atoms with Crippen molar-refractivity contribution in [3.8, 4) is 0 Å². The summed E-state index contributed by atoms with van der Waals surface area (Å²) in [7, 11) is 0. The van der Waals surface area contributed by atoms with E-state index in [1.807, 2.05) is 6.92 Å². The summed E-state index contributed by atoms with van der Waals surface area (Å²) in [6.45, 7) is 4.88. The van der Waals surface area contributed by atoms with Gasteiger partial charge in [0.25, 0.3) is 0 Å². The Hall–Kier alpha value is -1.06. The van der Waals surface area contributed by atoms with Crippen molar-refractivity contribution in [2.45, 2.75) is 32.7 Å². The van der Waals surface area contributed by atoms with Crippen LogP contribution < -0.4 is 5.73 Å². The molecule has 1 aliphatic heterocycles. The second kappa shape index (κ2) is 3.77. The quantitative estimate of drug-likeness (QED) is 0.619. The highest BCUT2D eigenvalue weighted by atomic mass is 16.2. The van der Waals surface area contributed by atoms with Crippen LogP contribution in [0.25, 0.3) is 0 Å². The highest BCUT2D eigenvalue weighted by molar-refractivity contribution is 5.96. The molecule has 74 valence electrons. The van der Waals surface area contributed by atoms with Crippen LogP contribution in [0, 0.1) is 5.92 Å². The molecule has 1 aliphatic rings. The Bertz CT molecular complexity index is 228. The van der Waals surface area contributed by atoms with E-state index < -0.39 is 5.91 Å². The van der Waals surface area contributed by atoms with Crippen molar-refractivity contribution in [3.63, 3.8) is 0 Å². The lowest BCUT2D eigenvalue weighted by molar-refractivity contribution is -0.135. The number of hydrogen-bond acceptors (Lipinski definition) is 2. The van der Waals surface area contributed by atoms with Crippen LogP contribution in [0.3, 0.4) is 0 Å². The number of amides is 2. The third-order valence-corrected chi connectivity index (χ3v) is 2.79. The van der Waals surface area contributed by atoms with Gasteiger partial charge in [0.05, 0.1) is 0 Å². The van der Waals surface area contributed by atoms with Crippen molar-refractivity contribution in [3.05, 3.63) is 0 Å². The molecule has 2 amide bonds. The summed E-state index contributed by atoms with van der Waals surface area (Å²) < 4.78 is 0. The maximum atomic E-state index is 11.4. The topological polar surface area (TPSA) is 63.4 Å². The third kappa shape index (κ3) is 2.20. The van der Waals surface area contributed by atoms with Crippen LogP contribution in [0.4, 0.5) is 0 Å². The van der Waals surface area contributed by atoms with E-state index >= 15 is 0 Å². The van der Waals surface area contributed by atoms with Crippen LogP contribution in [-0.4, -0.2) is 29.3 Å². The minimum Gasteiger partial charge on any atom is -0.369 e. The first kappa shape index (κ1) is 10.0. The molecule has 0 aromatic heterocycles. The lowest BCUT2D eigenvalue weighted by Crippen LogP contribution is -2.37. The first-order valence-corrected chi connectivity index (χ1v) is 4.60. The summed E-state index contributed by atoms with van der Waals surface area (Å²) in [6, 6.07) is 0.242. The van der Waals surface area contributed by atoms with Crippen molar-refractivity contribution in [1.29, 1.82) is 0 Å². The summed E-state index contributed by atoms with van der Waals surface area (Å²) in [5.41, 5.74) is 4.95. The maximum absolute atomic E-state index is 11.4. The van der Waals surface area contributed by atoms with E-state index in [4.69, 9.17) is 5.73 Å². The zero-order chi connectivity index (χ0) is 10.0. The summed E-state index contributed by atoms with van der Waals surface area (Å²) in [5, 5.41) is 0. The fourth-order valence-corrected chi connectivity index (χ4v) is 1.70. The second-order valence-electron chi connectivity index (χ2n) is 3.74. The van der Waals surface area contributed by atoms with E-state index in [-0.39, 0.29) is 18.4 Å². The van der Waals surface area contributed by atoms with E-state index in [0.717, 1.165) is 13.0 Å². The fraction of sp³-hybridized carbons (Fsp3) is 0.778. The molecule has 1 fully saturated rings. The van der Waals surface area contributed by atoms with Gasteiger partial charge in [0.2, 0.25) is 11.8 Å². The Morgan fingerprint density at radius 1 is 1.46 bits per heavy atom. The molecule has 0 radical (unpaired) electrons. The molecular formula is C9H16N2O2. The third-order valence-electron chi connectivity index (χ3n) is 2.79. The van der Waals surface area contributed by atoms with Crippen molar-refractivity contribution >= 4 is 11.8 Å². The summed E-state index contributed by atoms with van der Waals surface area (Å²) in [6.07, 6.45) is 0.864. The largest absolute Gasteiger partial charge is 0.369 e. The lowest BCUT2D eigenvalue weighted by Gasteiger charge is -2.22. The number of rotatable bonds is 2. The number of primary amides is 1. The minimum atomic E-state index is -0.545. The molecule has 2 unspecified atom stereocenters. The van der Waals surface area contributed by atoms with Crippen molar-refractivity contribution in [2.75, 3.05) is 6.54 Å². The molecule has 0 aliphatic carbocycles. The molecule has 1 rings (SSSR count). The van der Waals surface area contributed by atoms with Gasteiger partial charge in [-0.25, -0.2) is 0 Å². The number of hydrogen-bond donors (Lipinski definition) is 1. The van der Waals surface area contributed by atoms with Gasteiger partial charge in [-0.05, 0) is 19.3 Å². The van der Waals surface area contributed by atoms with Gasteiger partial charge in [0.15, 0.2) is 0 Å². The molecule has 4 heteroatoms. The van der Waals surface area contributed by atoms with Crippen LogP contribution in [0.15, 0.2) is 0 Å². The molecule has 1 saturated heterocycles. The van der Waals surface area contributed by atoms with Crippen LogP contribution in [0.5, 0.6) is 0 Å². The molecule has 13 heavy (non-hydrogen) atoms. The molecule has 0 spiro atoms. The van der Waals surface area contributed by atoms with Crippen molar-refractivity contribution < 1.29 is 9.59 Å². The average Bonchev–Trinajstić information content (AvgIpc) is 2.31. The molecule has 2 atom stereocenters. The van der Waals surface area contributed by atoms with E-state index in [9.17, 15) is 9.59 Å². The zero-order valence-corrected chi connectivity index (χ0v) is 8.12. The minimum absolute atomic E-state index is 0.135. The summed E-state index contributed by atoms with van der Waals surface area (Å²) in [5.74, 6) is -0.155. The number of nitrogens with two attached hydrogens (primary N) is 1. The molecular weight excluding hydrogens is 168 g/mol. The highest BCUT2D eigenvalue weighted by Crippen LogP contribution is 2.23. The second-order valence-corrected chi connectivity index (χ2v) is 3.74.